The molecule has 2 N–H and O–H groups in total. The summed E-state index contributed by atoms with van der Waals surface area (Å²) in [5.41, 5.74) is -0.863. The van der Waals surface area contributed by atoms with Gasteiger partial charge in [-0.25, -0.2) is 9.18 Å². The highest BCUT2D eigenvalue weighted by atomic mass is 19.4. The number of hydrogen-bond donors (Lipinski definition) is 2. The number of piperidine rings is 1. The number of rotatable bonds is 2. The second-order valence-electron chi connectivity index (χ2n) is 6.46. The van der Waals surface area contributed by atoms with Crippen molar-refractivity contribution >= 4 is 6.09 Å². The highest BCUT2D eigenvalue weighted by Crippen LogP contribution is 2.36. The number of benzene rings is 1. The van der Waals surface area contributed by atoms with Gasteiger partial charge in [0, 0.05) is 25.7 Å². The molecule has 3 rings (SSSR count). The quantitative estimate of drug-likeness (QED) is 0.810. The highest BCUT2D eigenvalue weighted by molar-refractivity contribution is 5.65. The molecular formula is C16H18F4N2O2. The number of carboxylic acid groups (broad SMARTS) is 1. The Hall–Kier alpha value is -1.83. The SMILES string of the molecule is O=C(O)N1CC[C@@H]2C(Cc3ccc(F)cc3C(F)(F)F)NC[C@H]2C1. The molecule has 0 saturated carbocycles. The zero-order chi connectivity index (χ0) is 17.5. The summed E-state index contributed by atoms with van der Waals surface area (Å²) in [6.45, 7) is 1.38. The number of nitrogens with zero attached hydrogens (tertiary/aromatic N) is 1. The molecule has 0 aromatic heterocycles. The van der Waals surface area contributed by atoms with E-state index in [0.717, 1.165) is 6.07 Å². The van der Waals surface area contributed by atoms with Crippen LogP contribution >= 0.6 is 0 Å². The van der Waals surface area contributed by atoms with Crippen LogP contribution in [0.4, 0.5) is 22.4 Å². The fourth-order valence-corrected chi connectivity index (χ4v) is 3.87. The predicted molar refractivity (Wildman–Crippen MR) is 78.1 cm³/mol. The molecule has 1 unspecified atom stereocenters. The van der Waals surface area contributed by atoms with Crippen LogP contribution in [-0.2, 0) is 12.6 Å². The monoisotopic (exact) mass is 346 g/mol. The average molecular weight is 346 g/mol. The smallest absolute Gasteiger partial charge is 0.416 e. The van der Waals surface area contributed by atoms with E-state index in [2.05, 4.69) is 5.32 Å². The highest BCUT2D eigenvalue weighted by Gasteiger charge is 2.42. The number of likely N-dealkylation sites (tertiary alicyclic amines) is 1. The van der Waals surface area contributed by atoms with Crippen LogP contribution < -0.4 is 5.32 Å². The van der Waals surface area contributed by atoms with Crippen molar-refractivity contribution < 1.29 is 27.5 Å². The zero-order valence-electron chi connectivity index (χ0n) is 12.8. The lowest BCUT2D eigenvalue weighted by Crippen LogP contribution is -2.44. The van der Waals surface area contributed by atoms with Crippen LogP contribution in [0.1, 0.15) is 17.5 Å². The summed E-state index contributed by atoms with van der Waals surface area (Å²) >= 11 is 0. The summed E-state index contributed by atoms with van der Waals surface area (Å²) in [5.74, 6) is -0.667. The summed E-state index contributed by atoms with van der Waals surface area (Å²) < 4.78 is 52.6. The lowest BCUT2D eigenvalue weighted by molar-refractivity contribution is -0.138. The van der Waals surface area contributed by atoms with Crippen LogP contribution in [0.5, 0.6) is 0 Å². The van der Waals surface area contributed by atoms with Gasteiger partial charge >= 0.3 is 12.3 Å². The second-order valence-corrected chi connectivity index (χ2v) is 6.46. The molecule has 1 aromatic carbocycles. The summed E-state index contributed by atoms with van der Waals surface area (Å²) in [4.78, 5) is 12.4. The number of fused-ring (bicyclic) bond motifs is 1. The van der Waals surface area contributed by atoms with E-state index in [0.29, 0.717) is 32.1 Å². The van der Waals surface area contributed by atoms with Crippen LogP contribution in [0.2, 0.25) is 0 Å². The Morgan fingerprint density at radius 3 is 2.79 bits per heavy atom. The molecule has 8 heteroatoms. The number of amides is 1. The molecule has 2 fully saturated rings. The van der Waals surface area contributed by atoms with E-state index in [1.54, 1.807) is 0 Å². The maximum Gasteiger partial charge on any atom is 0.416 e. The van der Waals surface area contributed by atoms with Crippen molar-refractivity contribution in [3.63, 3.8) is 0 Å². The molecule has 0 radical (unpaired) electrons. The maximum absolute atomic E-state index is 13.2. The number of nitrogens with one attached hydrogen (secondary N) is 1. The van der Waals surface area contributed by atoms with Gasteiger partial charge in [0.05, 0.1) is 5.56 Å². The van der Waals surface area contributed by atoms with Crippen molar-refractivity contribution in [3.05, 3.63) is 35.1 Å². The molecule has 1 amide bonds. The molecule has 3 atom stereocenters. The van der Waals surface area contributed by atoms with Crippen molar-refractivity contribution in [1.82, 2.24) is 10.2 Å². The van der Waals surface area contributed by atoms with E-state index in [4.69, 9.17) is 5.11 Å². The Bertz CT molecular complexity index is 635. The van der Waals surface area contributed by atoms with Crippen LogP contribution in [-0.4, -0.2) is 41.8 Å². The van der Waals surface area contributed by atoms with Gasteiger partial charge in [-0.15, -0.1) is 0 Å². The molecule has 2 saturated heterocycles. The molecule has 2 aliphatic heterocycles. The van der Waals surface area contributed by atoms with Crippen LogP contribution in [0.25, 0.3) is 0 Å². The first kappa shape index (κ1) is 17.0. The van der Waals surface area contributed by atoms with E-state index < -0.39 is 23.7 Å². The van der Waals surface area contributed by atoms with Gasteiger partial charge in [-0.2, -0.15) is 13.2 Å². The van der Waals surface area contributed by atoms with Gasteiger partial charge in [-0.05, 0) is 42.4 Å². The summed E-state index contributed by atoms with van der Waals surface area (Å²) in [6.07, 6.45) is -4.78. The Morgan fingerprint density at radius 1 is 1.38 bits per heavy atom. The fourth-order valence-electron chi connectivity index (χ4n) is 3.87. The number of halogens is 4. The van der Waals surface area contributed by atoms with Crippen molar-refractivity contribution in [2.24, 2.45) is 11.8 Å². The predicted octanol–water partition coefficient (Wildman–Crippen LogP) is 2.97. The third kappa shape index (κ3) is 3.33. The molecule has 2 heterocycles. The maximum atomic E-state index is 13.2. The van der Waals surface area contributed by atoms with Gasteiger partial charge in [-0.1, -0.05) is 6.07 Å². The first-order valence-corrected chi connectivity index (χ1v) is 7.82. The number of hydrogen-bond acceptors (Lipinski definition) is 2. The normalized spacial score (nSPS) is 27.2. The molecule has 2 aliphatic rings. The first-order chi connectivity index (χ1) is 11.3. The van der Waals surface area contributed by atoms with Crippen molar-refractivity contribution in [2.75, 3.05) is 19.6 Å². The van der Waals surface area contributed by atoms with E-state index in [1.165, 1.54) is 11.0 Å². The second kappa shape index (κ2) is 6.23. The molecule has 0 bridgehead atoms. The van der Waals surface area contributed by atoms with E-state index in [1.807, 2.05) is 0 Å². The fraction of sp³-hybridized carbons (Fsp3) is 0.562. The molecule has 4 nitrogen and oxygen atoms in total. The molecular weight excluding hydrogens is 328 g/mol. The van der Waals surface area contributed by atoms with Crippen LogP contribution in [0.15, 0.2) is 18.2 Å². The summed E-state index contributed by atoms with van der Waals surface area (Å²) in [7, 11) is 0. The number of alkyl halides is 3. The van der Waals surface area contributed by atoms with Crippen LogP contribution in [0.3, 0.4) is 0 Å². The standard InChI is InChI=1S/C16H18F4N2O2/c17-11-2-1-9(13(6-11)16(18,19)20)5-14-12-3-4-22(15(23)24)8-10(12)7-21-14/h1-2,6,10,12,14,21H,3-5,7-8H2,(H,23,24)/t10-,12-,14?/m0/s1. The third-order valence-electron chi connectivity index (χ3n) is 5.04. The summed E-state index contributed by atoms with van der Waals surface area (Å²) in [6, 6.07) is 2.62. The Kier molecular flexibility index (Phi) is 4.42. The van der Waals surface area contributed by atoms with Gasteiger partial charge in [0.2, 0.25) is 0 Å². The lowest BCUT2D eigenvalue weighted by Gasteiger charge is -2.35. The van der Waals surface area contributed by atoms with Crippen molar-refractivity contribution in [2.45, 2.75) is 25.1 Å². The summed E-state index contributed by atoms with van der Waals surface area (Å²) in [5, 5.41) is 12.3. The minimum atomic E-state index is -4.60. The van der Waals surface area contributed by atoms with Crippen molar-refractivity contribution in [1.29, 1.82) is 0 Å². The van der Waals surface area contributed by atoms with Gasteiger partial charge in [0.25, 0.3) is 0 Å². The van der Waals surface area contributed by atoms with E-state index >= 15 is 0 Å². The van der Waals surface area contributed by atoms with E-state index in [9.17, 15) is 22.4 Å². The molecule has 0 spiro atoms. The van der Waals surface area contributed by atoms with Crippen LogP contribution in [0, 0.1) is 17.7 Å². The minimum Gasteiger partial charge on any atom is -0.465 e. The molecule has 132 valence electrons. The number of carbonyl (C=O) groups is 1. The topological polar surface area (TPSA) is 52.6 Å². The van der Waals surface area contributed by atoms with E-state index in [-0.39, 0.29) is 29.9 Å². The first-order valence-electron chi connectivity index (χ1n) is 7.82. The largest absolute Gasteiger partial charge is 0.465 e. The van der Waals surface area contributed by atoms with Gasteiger partial charge in [0.15, 0.2) is 0 Å². The molecule has 24 heavy (non-hydrogen) atoms. The Labute approximate surface area is 136 Å². The van der Waals surface area contributed by atoms with Crippen molar-refractivity contribution in [3.8, 4) is 0 Å². The molecule has 0 aliphatic carbocycles. The third-order valence-corrected chi connectivity index (χ3v) is 5.04. The minimum absolute atomic E-state index is 0.0720. The Morgan fingerprint density at radius 2 is 2.12 bits per heavy atom. The zero-order valence-corrected chi connectivity index (χ0v) is 12.8. The lowest BCUT2D eigenvalue weighted by atomic mass is 9.81. The van der Waals surface area contributed by atoms with Gasteiger partial charge in [0.1, 0.15) is 5.82 Å². The average Bonchev–Trinajstić information content (AvgIpc) is 2.90. The van der Waals surface area contributed by atoms with Gasteiger partial charge < -0.3 is 15.3 Å². The Balaban J connectivity index is 1.75. The van der Waals surface area contributed by atoms with Gasteiger partial charge in [-0.3, -0.25) is 0 Å². The molecule has 1 aromatic rings.